The van der Waals surface area contributed by atoms with Crippen LogP contribution in [0.2, 0.25) is 5.02 Å². The van der Waals surface area contributed by atoms with E-state index >= 15 is 0 Å². The Labute approximate surface area is 124 Å². The van der Waals surface area contributed by atoms with Crippen molar-refractivity contribution in [1.82, 2.24) is 5.01 Å². The van der Waals surface area contributed by atoms with Gasteiger partial charge in [-0.3, -0.25) is 5.01 Å². The number of halogens is 1. The first-order valence-electron chi connectivity index (χ1n) is 6.92. The molecule has 0 N–H and O–H groups in total. The summed E-state index contributed by atoms with van der Waals surface area (Å²) in [6.07, 6.45) is 0. The normalized spacial score (nSPS) is 18.2. The molecule has 2 aromatic carbocycles. The summed E-state index contributed by atoms with van der Waals surface area (Å²) in [5.74, 6) is 0.331. The molecule has 102 valence electrons. The zero-order valence-corrected chi connectivity index (χ0v) is 12.2. The van der Waals surface area contributed by atoms with Crippen LogP contribution in [0.4, 0.5) is 0 Å². The second-order valence-corrected chi connectivity index (χ2v) is 5.40. The average molecular weight is 285 g/mol. The van der Waals surface area contributed by atoms with Crippen LogP contribution in [-0.2, 0) is 0 Å². The fourth-order valence-corrected chi connectivity index (χ4v) is 2.71. The SMILES string of the molecule is CCN1C[C@@H](c2ccccc2)C(c2ccc(Cl)cc2)=N1. The van der Waals surface area contributed by atoms with Gasteiger partial charge in [-0.2, -0.15) is 5.10 Å². The molecular formula is C17H17ClN2. The molecule has 0 saturated carbocycles. The maximum atomic E-state index is 5.98. The molecule has 3 heteroatoms. The first-order valence-corrected chi connectivity index (χ1v) is 7.30. The van der Waals surface area contributed by atoms with E-state index in [9.17, 15) is 0 Å². The minimum Gasteiger partial charge on any atom is -0.296 e. The molecule has 20 heavy (non-hydrogen) atoms. The smallest absolute Gasteiger partial charge is 0.0770 e. The predicted octanol–water partition coefficient (Wildman–Crippen LogP) is 4.16. The molecule has 0 aromatic heterocycles. The molecule has 0 fully saturated rings. The zero-order chi connectivity index (χ0) is 13.9. The van der Waals surface area contributed by atoms with E-state index in [-0.39, 0.29) is 0 Å². The summed E-state index contributed by atoms with van der Waals surface area (Å²) in [5.41, 5.74) is 3.60. The van der Waals surface area contributed by atoms with Gasteiger partial charge in [-0.15, -0.1) is 0 Å². The summed E-state index contributed by atoms with van der Waals surface area (Å²) in [5, 5.41) is 7.66. The lowest BCUT2D eigenvalue weighted by Crippen LogP contribution is -2.18. The highest BCUT2D eigenvalue weighted by Crippen LogP contribution is 2.28. The molecule has 0 bridgehead atoms. The standard InChI is InChI=1S/C17H17ClN2/c1-2-20-12-16(13-6-4-3-5-7-13)17(19-20)14-8-10-15(18)11-9-14/h3-11,16H,2,12H2,1H3/t16-/m0/s1. The molecule has 1 heterocycles. The maximum absolute atomic E-state index is 5.98. The molecule has 0 saturated heterocycles. The maximum Gasteiger partial charge on any atom is 0.0770 e. The molecule has 0 amide bonds. The number of likely N-dealkylation sites (N-methyl/N-ethyl adjacent to an activating group) is 1. The van der Waals surface area contributed by atoms with Crippen molar-refractivity contribution in [2.24, 2.45) is 5.10 Å². The molecular weight excluding hydrogens is 268 g/mol. The zero-order valence-electron chi connectivity index (χ0n) is 11.5. The molecule has 1 atom stereocenters. The van der Waals surface area contributed by atoms with Crippen LogP contribution in [0.1, 0.15) is 24.0 Å². The largest absolute Gasteiger partial charge is 0.296 e. The lowest BCUT2D eigenvalue weighted by atomic mass is 9.91. The first kappa shape index (κ1) is 13.2. The van der Waals surface area contributed by atoms with Crippen LogP contribution < -0.4 is 0 Å². The van der Waals surface area contributed by atoms with E-state index in [4.69, 9.17) is 16.7 Å². The first-order chi connectivity index (χ1) is 9.78. The van der Waals surface area contributed by atoms with Gasteiger partial charge in [0.2, 0.25) is 0 Å². The van der Waals surface area contributed by atoms with Gasteiger partial charge < -0.3 is 0 Å². The summed E-state index contributed by atoms with van der Waals surface area (Å²) in [6.45, 7) is 4.01. The molecule has 0 spiro atoms. The van der Waals surface area contributed by atoms with E-state index in [1.165, 1.54) is 5.56 Å². The van der Waals surface area contributed by atoms with Gasteiger partial charge in [0.25, 0.3) is 0 Å². The van der Waals surface area contributed by atoms with Crippen molar-refractivity contribution >= 4 is 17.3 Å². The minimum atomic E-state index is 0.331. The van der Waals surface area contributed by atoms with Crippen molar-refractivity contribution in [2.45, 2.75) is 12.8 Å². The molecule has 3 rings (SSSR count). The van der Waals surface area contributed by atoms with Gasteiger partial charge in [0.1, 0.15) is 0 Å². The third-order valence-electron chi connectivity index (χ3n) is 3.68. The van der Waals surface area contributed by atoms with E-state index in [0.717, 1.165) is 29.4 Å². The Morgan fingerprint density at radius 2 is 1.80 bits per heavy atom. The van der Waals surface area contributed by atoms with Gasteiger partial charge in [-0.1, -0.05) is 54.1 Å². The highest BCUT2D eigenvalue weighted by Gasteiger charge is 2.28. The third kappa shape index (κ3) is 2.56. The third-order valence-corrected chi connectivity index (χ3v) is 3.93. The lowest BCUT2D eigenvalue weighted by molar-refractivity contribution is 0.327. The van der Waals surface area contributed by atoms with Crippen molar-refractivity contribution in [3.05, 3.63) is 70.7 Å². The fourth-order valence-electron chi connectivity index (χ4n) is 2.59. The summed E-state index contributed by atoms with van der Waals surface area (Å²) < 4.78 is 0. The number of hydrogen-bond acceptors (Lipinski definition) is 2. The topological polar surface area (TPSA) is 15.6 Å². The number of hydrogen-bond donors (Lipinski definition) is 0. The van der Waals surface area contributed by atoms with E-state index in [1.54, 1.807) is 0 Å². The quantitative estimate of drug-likeness (QED) is 0.826. The molecule has 2 aromatic rings. The highest BCUT2D eigenvalue weighted by atomic mass is 35.5. The van der Waals surface area contributed by atoms with Crippen molar-refractivity contribution in [3.8, 4) is 0 Å². The second-order valence-electron chi connectivity index (χ2n) is 4.96. The van der Waals surface area contributed by atoms with Crippen LogP contribution in [0.5, 0.6) is 0 Å². The van der Waals surface area contributed by atoms with Crippen molar-refractivity contribution in [2.75, 3.05) is 13.1 Å². The van der Waals surface area contributed by atoms with Crippen molar-refractivity contribution in [3.63, 3.8) is 0 Å². The van der Waals surface area contributed by atoms with Crippen LogP contribution in [0.25, 0.3) is 0 Å². The van der Waals surface area contributed by atoms with Gasteiger partial charge in [0.05, 0.1) is 5.71 Å². The summed E-state index contributed by atoms with van der Waals surface area (Å²) >= 11 is 5.98. The van der Waals surface area contributed by atoms with E-state index < -0.39 is 0 Å². The molecule has 0 radical (unpaired) electrons. The molecule has 0 aliphatic carbocycles. The number of rotatable bonds is 3. The van der Waals surface area contributed by atoms with Gasteiger partial charge in [-0.05, 0) is 30.2 Å². The van der Waals surface area contributed by atoms with Crippen LogP contribution in [0.15, 0.2) is 59.7 Å². The van der Waals surface area contributed by atoms with Gasteiger partial charge in [0.15, 0.2) is 0 Å². The van der Waals surface area contributed by atoms with Gasteiger partial charge >= 0.3 is 0 Å². The van der Waals surface area contributed by atoms with E-state index in [2.05, 4.69) is 54.4 Å². The Hall–Kier alpha value is -1.80. The number of nitrogens with zero attached hydrogens (tertiary/aromatic N) is 2. The van der Waals surface area contributed by atoms with Crippen LogP contribution in [0, 0.1) is 0 Å². The summed E-state index contributed by atoms with van der Waals surface area (Å²) in [7, 11) is 0. The lowest BCUT2D eigenvalue weighted by Gasteiger charge is -2.14. The second kappa shape index (κ2) is 5.68. The summed E-state index contributed by atoms with van der Waals surface area (Å²) in [4.78, 5) is 0. The van der Waals surface area contributed by atoms with Crippen molar-refractivity contribution < 1.29 is 0 Å². The number of benzene rings is 2. The summed E-state index contributed by atoms with van der Waals surface area (Å²) in [6, 6.07) is 18.5. The minimum absolute atomic E-state index is 0.331. The Morgan fingerprint density at radius 1 is 1.10 bits per heavy atom. The molecule has 1 aliphatic rings. The Bertz CT molecular complexity index is 605. The highest BCUT2D eigenvalue weighted by molar-refractivity contribution is 6.30. The number of hydrazone groups is 1. The van der Waals surface area contributed by atoms with Crippen LogP contribution in [0.3, 0.4) is 0 Å². The van der Waals surface area contributed by atoms with Gasteiger partial charge in [-0.25, -0.2) is 0 Å². The molecule has 2 nitrogen and oxygen atoms in total. The van der Waals surface area contributed by atoms with Crippen LogP contribution >= 0.6 is 11.6 Å². The van der Waals surface area contributed by atoms with Crippen LogP contribution in [-0.4, -0.2) is 23.8 Å². The Kier molecular flexibility index (Phi) is 3.75. The van der Waals surface area contributed by atoms with Gasteiger partial charge in [0, 0.05) is 24.0 Å². The fraction of sp³-hybridized carbons (Fsp3) is 0.235. The molecule has 0 unspecified atom stereocenters. The molecule has 1 aliphatic heterocycles. The average Bonchev–Trinajstić information content (AvgIpc) is 2.93. The van der Waals surface area contributed by atoms with E-state index in [1.807, 2.05) is 12.1 Å². The van der Waals surface area contributed by atoms with Crippen molar-refractivity contribution in [1.29, 1.82) is 0 Å². The predicted molar refractivity (Wildman–Crippen MR) is 84.4 cm³/mol. The van der Waals surface area contributed by atoms with E-state index in [0.29, 0.717) is 5.92 Å². The Morgan fingerprint density at radius 3 is 2.45 bits per heavy atom. The monoisotopic (exact) mass is 284 g/mol. The Balaban J connectivity index is 1.98.